The van der Waals surface area contributed by atoms with E-state index in [1.165, 1.54) is 46.0 Å². The van der Waals surface area contributed by atoms with E-state index < -0.39 is 59.8 Å². The molecule has 0 aromatic heterocycles. The van der Waals surface area contributed by atoms with Crippen molar-refractivity contribution in [2.45, 2.75) is 42.1 Å². The van der Waals surface area contributed by atoms with E-state index in [-0.39, 0.29) is 11.3 Å². The number of hydrogen-bond donors (Lipinski definition) is 7. The second-order valence-corrected chi connectivity index (χ2v) is 10.8. The van der Waals surface area contributed by atoms with Crippen molar-refractivity contribution in [3.8, 4) is 5.75 Å². The maximum atomic E-state index is 12.9. The number of fused-ring (bicyclic) bond motifs is 1. The summed E-state index contributed by atoms with van der Waals surface area (Å²) in [6, 6.07) is 0.151. The molecule has 2 saturated heterocycles. The first kappa shape index (κ1) is 23.9. The molecular weight excluding hydrogens is 467 g/mol. The molecule has 2 aliphatic heterocycles. The molecule has 3 rings (SSSR count). The highest BCUT2D eigenvalue weighted by atomic mass is 32.2. The lowest BCUT2D eigenvalue weighted by atomic mass is 9.95. The molecule has 0 aliphatic carbocycles. The molecule has 2 heterocycles. The normalized spacial score (nSPS) is 24.7. The molecule has 174 valence electrons. The average molecular weight is 488 g/mol. The van der Waals surface area contributed by atoms with Crippen LogP contribution in [-0.4, -0.2) is 70.9 Å². The Morgan fingerprint density at radius 1 is 1.19 bits per heavy atom. The predicted octanol–water partition coefficient (Wildman–Crippen LogP) is -0.543. The zero-order chi connectivity index (χ0) is 24.0. The largest absolute Gasteiger partial charge is 0.508 e. The van der Waals surface area contributed by atoms with Gasteiger partial charge in [0.15, 0.2) is 0 Å². The molecule has 4 amide bonds. The number of carbonyl (C=O) groups excluding carboxylic acids is 3. The van der Waals surface area contributed by atoms with E-state index in [1.54, 1.807) is 13.8 Å². The summed E-state index contributed by atoms with van der Waals surface area (Å²) in [7, 11) is -4.94. The van der Waals surface area contributed by atoms with Crippen molar-refractivity contribution in [2.24, 2.45) is 0 Å². The van der Waals surface area contributed by atoms with Crippen LogP contribution in [0.2, 0.25) is 0 Å². The Morgan fingerprint density at radius 3 is 2.31 bits per heavy atom. The highest BCUT2D eigenvalue weighted by Crippen LogP contribution is 2.50. The Bertz CT molecular complexity index is 1010. The van der Waals surface area contributed by atoms with E-state index in [4.69, 9.17) is 9.79 Å². The summed E-state index contributed by atoms with van der Waals surface area (Å²) < 4.78 is 10.2. The zero-order valence-corrected chi connectivity index (χ0v) is 18.5. The van der Waals surface area contributed by atoms with Gasteiger partial charge in [-0.15, -0.1) is 11.8 Å². The minimum absolute atomic E-state index is 0.123. The Balaban J connectivity index is 1.79. The first-order chi connectivity index (χ1) is 14.7. The number of carboxylic acid groups (broad SMARTS) is 1. The van der Waals surface area contributed by atoms with Gasteiger partial charge < -0.3 is 35.5 Å². The van der Waals surface area contributed by atoms with E-state index in [1.807, 2.05) is 0 Å². The topological polar surface area (TPSA) is 206 Å². The smallest absolute Gasteiger partial charge is 0.431 e. The summed E-state index contributed by atoms with van der Waals surface area (Å²) in [4.78, 5) is 68.1. The van der Waals surface area contributed by atoms with Crippen LogP contribution >= 0.6 is 19.5 Å². The van der Waals surface area contributed by atoms with Crippen molar-refractivity contribution in [3.63, 3.8) is 0 Å². The molecule has 1 aromatic rings. The highest BCUT2D eigenvalue weighted by Gasteiger charge is 2.64. The van der Waals surface area contributed by atoms with Crippen LogP contribution in [0.25, 0.3) is 0 Å². The number of hydrogen-bond acceptors (Lipinski definition) is 7. The SMILES string of the molecule is CC1(C)S[C@@H]2[C@H](NC(=O)C(NC(=O)NP(=O)(O)O)c3ccc(O)cc3)C(=O)N2[C@H]1C(=O)O. The van der Waals surface area contributed by atoms with Gasteiger partial charge in [0.2, 0.25) is 11.8 Å². The maximum Gasteiger partial charge on any atom is 0.431 e. The zero-order valence-electron chi connectivity index (χ0n) is 16.8. The number of carboxylic acids is 1. The fraction of sp³-hybridized carbons (Fsp3) is 0.412. The number of phenolic OH excluding ortho intramolecular Hbond substituents is 1. The number of nitrogens with zero attached hydrogens (tertiary/aromatic N) is 1. The lowest BCUT2D eigenvalue weighted by Gasteiger charge is -2.44. The summed E-state index contributed by atoms with van der Waals surface area (Å²) in [6.07, 6.45) is 0. The van der Waals surface area contributed by atoms with Crippen molar-refractivity contribution in [2.75, 3.05) is 0 Å². The van der Waals surface area contributed by atoms with Gasteiger partial charge in [-0.05, 0) is 31.5 Å². The van der Waals surface area contributed by atoms with E-state index in [2.05, 4.69) is 10.6 Å². The number of urea groups is 1. The monoisotopic (exact) mass is 488 g/mol. The van der Waals surface area contributed by atoms with Gasteiger partial charge in [0.1, 0.15) is 29.2 Å². The molecule has 0 bridgehead atoms. The third kappa shape index (κ3) is 4.67. The number of rotatable bonds is 6. The molecule has 13 nitrogen and oxygen atoms in total. The van der Waals surface area contributed by atoms with Crippen LogP contribution in [0.4, 0.5) is 4.79 Å². The molecule has 1 unspecified atom stereocenters. The molecule has 0 spiro atoms. The van der Waals surface area contributed by atoms with Crippen molar-refractivity contribution in [1.29, 1.82) is 0 Å². The Morgan fingerprint density at radius 2 is 1.78 bits per heavy atom. The van der Waals surface area contributed by atoms with Crippen molar-refractivity contribution in [1.82, 2.24) is 20.6 Å². The lowest BCUT2D eigenvalue weighted by molar-refractivity contribution is -0.161. The maximum absolute atomic E-state index is 12.9. The van der Waals surface area contributed by atoms with Crippen molar-refractivity contribution < 1.29 is 43.7 Å². The van der Waals surface area contributed by atoms with Gasteiger partial charge in [-0.25, -0.2) is 19.2 Å². The van der Waals surface area contributed by atoms with E-state index in [0.29, 0.717) is 0 Å². The minimum Gasteiger partial charge on any atom is -0.508 e. The number of phenols is 1. The summed E-state index contributed by atoms with van der Waals surface area (Å²) in [6.45, 7) is 3.35. The van der Waals surface area contributed by atoms with E-state index in [9.17, 15) is 34.0 Å². The number of nitrogens with one attached hydrogen (secondary N) is 3. The minimum atomic E-state index is -4.94. The van der Waals surface area contributed by atoms with E-state index >= 15 is 0 Å². The Hall–Kier alpha value is -2.80. The fourth-order valence-electron chi connectivity index (χ4n) is 3.64. The van der Waals surface area contributed by atoms with Crippen LogP contribution in [0.15, 0.2) is 24.3 Å². The summed E-state index contributed by atoms with van der Waals surface area (Å²) in [5.74, 6) is -2.76. The number of amides is 4. The van der Waals surface area contributed by atoms with Gasteiger partial charge >= 0.3 is 19.7 Å². The lowest BCUT2D eigenvalue weighted by Crippen LogP contribution is -2.71. The number of thioether (sulfide) groups is 1. The Labute approximate surface area is 185 Å². The summed E-state index contributed by atoms with van der Waals surface area (Å²) in [5, 5.41) is 24.3. The highest BCUT2D eigenvalue weighted by molar-refractivity contribution is 8.01. The first-order valence-corrected chi connectivity index (χ1v) is 11.7. The fourth-order valence-corrected chi connectivity index (χ4v) is 5.60. The molecule has 15 heteroatoms. The molecule has 0 saturated carbocycles. The van der Waals surface area contributed by atoms with Gasteiger partial charge in [0, 0.05) is 4.75 Å². The average Bonchev–Trinajstić information content (AvgIpc) is 2.91. The predicted molar refractivity (Wildman–Crippen MR) is 110 cm³/mol. The molecule has 0 radical (unpaired) electrons. The molecule has 4 atom stereocenters. The van der Waals surface area contributed by atoms with Crippen LogP contribution in [0.5, 0.6) is 5.75 Å². The van der Waals surface area contributed by atoms with Crippen molar-refractivity contribution in [3.05, 3.63) is 29.8 Å². The van der Waals surface area contributed by atoms with Crippen LogP contribution in [0.1, 0.15) is 25.5 Å². The van der Waals surface area contributed by atoms with Gasteiger partial charge in [-0.1, -0.05) is 12.1 Å². The number of aliphatic carboxylic acids is 1. The van der Waals surface area contributed by atoms with Gasteiger partial charge in [0.25, 0.3) is 0 Å². The summed E-state index contributed by atoms with van der Waals surface area (Å²) >= 11 is 1.21. The van der Waals surface area contributed by atoms with Gasteiger partial charge in [-0.2, -0.15) is 0 Å². The molecular formula is C17H21N4O9PS. The third-order valence-electron chi connectivity index (χ3n) is 4.98. The van der Waals surface area contributed by atoms with Gasteiger partial charge in [0.05, 0.1) is 0 Å². The van der Waals surface area contributed by atoms with Gasteiger partial charge in [-0.3, -0.25) is 9.59 Å². The Kier molecular flexibility index (Phi) is 6.17. The van der Waals surface area contributed by atoms with E-state index in [0.717, 1.165) is 0 Å². The first-order valence-electron chi connectivity index (χ1n) is 9.18. The number of β-lactam (4-membered cyclic amide) rings is 1. The van der Waals surface area contributed by atoms with Crippen LogP contribution < -0.4 is 15.7 Å². The molecule has 2 fully saturated rings. The second kappa shape index (κ2) is 8.28. The molecule has 32 heavy (non-hydrogen) atoms. The molecule has 2 aliphatic rings. The van der Waals surface area contributed by atoms with Crippen LogP contribution in [0, 0.1) is 0 Å². The molecule has 7 N–H and O–H groups in total. The van der Waals surface area contributed by atoms with Crippen molar-refractivity contribution >= 4 is 43.3 Å². The standard InChI is InChI=1S/C17H21N4O9PS/c1-17(2)11(15(25)26)21-13(24)10(14(21)32-17)18-12(23)9(7-3-5-8(22)6-4-7)19-16(27)20-31(28,29)30/h3-6,9-11,14,22H,1-2H3,(H,18,23)(H,25,26)(H4,19,20,27,28,29,30)/t9?,10-,11+,14-/m1/s1. The molecule has 1 aromatic carbocycles. The summed E-state index contributed by atoms with van der Waals surface area (Å²) in [5.41, 5.74) is 0.160. The number of benzene rings is 1. The number of aromatic hydroxyl groups is 1. The van der Waals surface area contributed by atoms with Crippen LogP contribution in [0.3, 0.4) is 0 Å². The third-order valence-corrected chi connectivity index (χ3v) is 7.05. The quantitative estimate of drug-likeness (QED) is 0.201. The van der Waals surface area contributed by atoms with Crippen LogP contribution in [-0.2, 0) is 18.9 Å². The number of carbonyl (C=O) groups is 4. The second-order valence-electron chi connectivity index (χ2n) is 7.74.